The predicted molar refractivity (Wildman–Crippen MR) is 111 cm³/mol. The minimum absolute atomic E-state index is 0.0856. The number of rotatable bonds is 7. The number of para-hydroxylation sites is 1. The SMILES string of the molecule is CCOCc1c(C(=O)OCC(=O)NC23CC4CC(CC(C4)C2)C3)oc2ccccc12. The summed E-state index contributed by atoms with van der Waals surface area (Å²) >= 11 is 0. The van der Waals surface area contributed by atoms with Crippen LogP contribution in [-0.4, -0.2) is 30.6 Å². The highest BCUT2D eigenvalue weighted by atomic mass is 16.5. The van der Waals surface area contributed by atoms with Crippen LogP contribution in [0.15, 0.2) is 28.7 Å². The van der Waals surface area contributed by atoms with Gasteiger partial charge in [-0.2, -0.15) is 0 Å². The number of esters is 1. The number of hydrogen-bond donors (Lipinski definition) is 1. The number of nitrogens with one attached hydrogen (secondary N) is 1. The third kappa shape index (κ3) is 3.62. The summed E-state index contributed by atoms with van der Waals surface area (Å²) in [5.74, 6) is 1.52. The molecule has 0 unspecified atom stereocenters. The quantitative estimate of drug-likeness (QED) is 0.691. The molecule has 0 spiro atoms. The summed E-state index contributed by atoms with van der Waals surface area (Å²) in [6.07, 6.45) is 7.17. The molecule has 4 bridgehead atoms. The molecule has 0 saturated heterocycles. The second-order valence-electron chi connectivity index (χ2n) is 9.37. The molecule has 1 heterocycles. The Balaban J connectivity index is 1.25. The van der Waals surface area contributed by atoms with Gasteiger partial charge in [0.05, 0.1) is 6.61 Å². The van der Waals surface area contributed by atoms with E-state index in [2.05, 4.69) is 5.32 Å². The first-order valence-electron chi connectivity index (χ1n) is 11.1. The van der Waals surface area contributed by atoms with Crippen LogP contribution in [0.3, 0.4) is 0 Å². The second kappa shape index (κ2) is 7.73. The van der Waals surface area contributed by atoms with Crippen molar-refractivity contribution in [1.82, 2.24) is 5.32 Å². The Bertz CT molecular complexity index is 926. The number of fused-ring (bicyclic) bond motifs is 1. The van der Waals surface area contributed by atoms with Crippen molar-refractivity contribution in [3.05, 3.63) is 35.6 Å². The van der Waals surface area contributed by atoms with Gasteiger partial charge in [-0.15, -0.1) is 0 Å². The highest BCUT2D eigenvalue weighted by Gasteiger charge is 2.51. The smallest absolute Gasteiger partial charge is 0.375 e. The predicted octanol–water partition coefficient (Wildman–Crippen LogP) is 4.21. The summed E-state index contributed by atoms with van der Waals surface area (Å²) in [4.78, 5) is 25.4. The molecule has 1 aromatic carbocycles. The van der Waals surface area contributed by atoms with E-state index in [0.717, 1.165) is 42.4 Å². The number of benzene rings is 1. The van der Waals surface area contributed by atoms with Gasteiger partial charge >= 0.3 is 5.97 Å². The Morgan fingerprint density at radius 2 is 1.77 bits per heavy atom. The molecule has 160 valence electrons. The van der Waals surface area contributed by atoms with Crippen LogP contribution < -0.4 is 5.32 Å². The van der Waals surface area contributed by atoms with Gasteiger partial charge in [0.15, 0.2) is 6.61 Å². The van der Waals surface area contributed by atoms with Crippen LogP contribution in [0.1, 0.15) is 61.6 Å². The Morgan fingerprint density at radius 3 is 2.43 bits per heavy atom. The summed E-state index contributed by atoms with van der Waals surface area (Å²) in [7, 11) is 0. The lowest BCUT2D eigenvalue weighted by molar-refractivity contribution is -0.130. The molecule has 1 aromatic heterocycles. The Hall–Kier alpha value is -2.34. The van der Waals surface area contributed by atoms with Gasteiger partial charge in [0.1, 0.15) is 5.58 Å². The van der Waals surface area contributed by atoms with Crippen LogP contribution in [0.4, 0.5) is 0 Å². The van der Waals surface area contributed by atoms with Gasteiger partial charge in [0, 0.05) is 23.1 Å². The Kier molecular flexibility index (Phi) is 5.05. The summed E-state index contributed by atoms with van der Waals surface area (Å²) < 4.78 is 16.6. The van der Waals surface area contributed by atoms with Gasteiger partial charge < -0.3 is 19.2 Å². The molecular formula is C24H29NO5. The second-order valence-corrected chi connectivity index (χ2v) is 9.37. The molecule has 6 rings (SSSR count). The van der Waals surface area contributed by atoms with Crippen molar-refractivity contribution in [2.24, 2.45) is 17.8 Å². The van der Waals surface area contributed by atoms with Gasteiger partial charge in [0.2, 0.25) is 5.76 Å². The molecule has 4 aliphatic carbocycles. The lowest BCUT2D eigenvalue weighted by Crippen LogP contribution is -2.60. The summed E-state index contributed by atoms with van der Waals surface area (Å²) in [6.45, 7) is 2.40. The number of carbonyl (C=O) groups excluding carboxylic acids is 2. The zero-order chi connectivity index (χ0) is 20.7. The van der Waals surface area contributed by atoms with Crippen molar-refractivity contribution >= 4 is 22.8 Å². The zero-order valence-corrected chi connectivity index (χ0v) is 17.4. The molecule has 2 aromatic rings. The maximum atomic E-state index is 12.7. The molecule has 4 saturated carbocycles. The van der Waals surface area contributed by atoms with E-state index in [9.17, 15) is 9.59 Å². The van der Waals surface area contributed by atoms with E-state index in [1.54, 1.807) is 6.07 Å². The van der Waals surface area contributed by atoms with Gasteiger partial charge in [-0.05, 0) is 69.3 Å². The minimum Gasteiger partial charge on any atom is -0.450 e. The standard InChI is InChI=1S/C24H29NO5/c1-2-28-13-19-18-5-3-4-6-20(18)30-22(19)23(27)29-14-21(26)25-24-10-15-7-16(11-24)9-17(8-15)12-24/h3-6,15-17H,2,7-14H2,1H3,(H,25,26). The molecule has 30 heavy (non-hydrogen) atoms. The molecule has 4 aliphatic rings. The molecule has 0 radical (unpaired) electrons. The average Bonchev–Trinajstić information content (AvgIpc) is 3.08. The van der Waals surface area contributed by atoms with Crippen LogP contribution >= 0.6 is 0 Å². The van der Waals surface area contributed by atoms with E-state index in [4.69, 9.17) is 13.9 Å². The van der Waals surface area contributed by atoms with Gasteiger partial charge in [0.25, 0.3) is 5.91 Å². The average molecular weight is 411 g/mol. The molecular weight excluding hydrogens is 382 g/mol. The lowest BCUT2D eigenvalue weighted by Gasteiger charge is -2.56. The van der Waals surface area contributed by atoms with E-state index >= 15 is 0 Å². The van der Waals surface area contributed by atoms with E-state index in [0.29, 0.717) is 17.8 Å². The van der Waals surface area contributed by atoms with E-state index in [-0.39, 0.29) is 30.4 Å². The lowest BCUT2D eigenvalue weighted by atomic mass is 9.53. The van der Waals surface area contributed by atoms with Crippen molar-refractivity contribution < 1.29 is 23.5 Å². The highest BCUT2D eigenvalue weighted by molar-refractivity contribution is 5.96. The third-order valence-electron chi connectivity index (χ3n) is 7.11. The van der Waals surface area contributed by atoms with Gasteiger partial charge in [-0.3, -0.25) is 4.79 Å². The van der Waals surface area contributed by atoms with E-state index in [1.165, 1.54) is 19.3 Å². The van der Waals surface area contributed by atoms with Gasteiger partial charge in [-0.1, -0.05) is 18.2 Å². The van der Waals surface area contributed by atoms with Crippen molar-refractivity contribution in [2.45, 2.75) is 57.6 Å². The van der Waals surface area contributed by atoms with Gasteiger partial charge in [-0.25, -0.2) is 4.79 Å². The fourth-order valence-corrected chi connectivity index (χ4v) is 6.40. The molecule has 1 amide bonds. The maximum Gasteiger partial charge on any atom is 0.375 e. The number of amides is 1. The molecule has 4 fully saturated rings. The zero-order valence-electron chi connectivity index (χ0n) is 17.4. The monoisotopic (exact) mass is 411 g/mol. The number of furan rings is 1. The first-order chi connectivity index (χ1) is 14.5. The first-order valence-corrected chi connectivity index (χ1v) is 11.1. The fourth-order valence-electron chi connectivity index (χ4n) is 6.40. The summed E-state index contributed by atoms with van der Waals surface area (Å²) in [6, 6.07) is 7.44. The topological polar surface area (TPSA) is 77.8 Å². The Labute approximate surface area is 176 Å². The minimum atomic E-state index is -0.624. The molecule has 0 atom stereocenters. The number of ether oxygens (including phenoxy) is 2. The molecule has 0 aliphatic heterocycles. The maximum absolute atomic E-state index is 12.7. The molecule has 6 nitrogen and oxygen atoms in total. The van der Waals surface area contributed by atoms with Crippen molar-refractivity contribution in [3.63, 3.8) is 0 Å². The Morgan fingerprint density at radius 1 is 1.10 bits per heavy atom. The van der Waals surface area contributed by atoms with Crippen LogP contribution in [0.2, 0.25) is 0 Å². The van der Waals surface area contributed by atoms with Crippen molar-refractivity contribution in [2.75, 3.05) is 13.2 Å². The van der Waals surface area contributed by atoms with Crippen molar-refractivity contribution in [3.8, 4) is 0 Å². The fraction of sp³-hybridized carbons (Fsp3) is 0.583. The largest absolute Gasteiger partial charge is 0.450 e. The van der Waals surface area contributed by atoms with Crippen molar-refractivity contribution in [1.29, 1.82) is 0 Å². The van der Waals surface area contributed by atoms with Crippen LogP contribution in [-0.2, 0) is 20.9 Å². The number of hydrogen-bond acceptors (Lipinski definition) is 5. The third-order valence-corrected chi connectivity index (χ3v) is 7.11. The van der Waals surface area contributed by atoms with Crippen LogP contribution in [0, 0.1) is 17.8 Å². The number of carbonyl (C=O) groups is 2. The molecule has 6 heteroatoms. The molecule has 1 N–H and O–H groups in total. The summed E-state index contributed by atoms with van der Waals surface area (Å²) in [5, 5.41) is 4.06. The van der Waals surface area contributed by atoms with Crippen LogP contribution in [0.5, 0.6) is 0 Å². The van der Waals surface area contributed by atoms with Crippen LogP contribution in [0.25, 0.3) is 11.0 Å². The highest BCUT2D eigenvalue weighted by Crippen LogP contribution is 2.55. The normalized spacial score (nSPS) is 29.3. The summed E-state index contributed by atoms with van der Waals surface area (Å²) in [5.41, 5.74) is 1.19. The van der Waals surface area contributed by atoms with E-state index < -0.39 is 5.97 Å². The first kappa shape index (κ1) is 19.6. The van der Waals surface area contributed by atoms with E-state index in [1.807, 2.05) is 25.1 Å².